The summed E-state index contributed by atoms with van der Waals surface area (Å²) in [4.78, 5) is 17.0. The molecule has 3 rings (SSSR count). The SMILES string of the molecule is COc1ccc(NC(=O)c2cccc(-n3ccnc3SC)c2)c(OC)c1. The Morgan fingerprint density at radius 3 is 2.73 bits per heavy atom. The lowest BCUT2D eigenvalue weighted by Crippen LogP contribution is -2.13. The first-order valence-electron chi connectivity index (χ1n) is 7.87. The monoisotopic (exact) mass is 369 g/mol. The number of carbonyl (C=O) groups is 1. The first-order chi connectivity index (χ1) is 12.7. The van der Waals surface area contributed by atoms with Gasteiger partial charge in [-0.25, -0.2) is 4.98 Å². The number of aromatic nitrogens is 2. The van der Waals surface area contributed by atoms with Crippen LogP contribution < -0.4 is 14.8 Å². The largest absolute Gasteiger partial charge is 0.497 e. The van der Waals surface area contributed by atoms with Gasteiger partial charge in [0.15, 0.2) is 5.16 Å². The van der Waals surface area contributed by atoms with Crippen molar-refractivity contribution in [3.63, 3.8) is 0 Å². The van der Waals surface area contributed by atoms with Crippen molar-refractivity contribution in [2.24, 2.45) is 0 Å². The summed E-state index contributed by atoms with van der Waals surface area (Å²) in [5, 5.41) is 3.74. The minimum Gasteiger partial charge on any atom is -0.497 e. The molecule has 3 aromatic rings. The second-order valence-electron chi connectivity index (χ2n) is 5.35. The summed E-state index contributed by atoms with van der Waals surface area (Å²) in [6, 6.07) is 12.6. The fraction of sp³-hybridized carbons (Fsp3) is 0.158. The molecule has 6 nitrogen and oxygen atoms in total. The Bertz CT molecular complexity index is 924. The average molecular weight is 369 g/mol. The number of nitrogens with one attached hydrogen (secondary N) is 1. The summed E-state index contributed by atoms with van der Waals surface area (Å²) in [6.07, 6.45) is 5.57. The molecule has 0 spiro atoms. The van der Waals surface area contributed by atoms with Crippen LogP contribution in [0.1, 0.15) is 10.4 Å². The van der Waals surface area contributed by atoms with Gasteiger partial charge in [0.05, 0.1) is 19.9 Å². The molecule has 1 aromatic heterocycles. The van der Waals surface area contributed by atoms with Crippen LogP contribution in [0.4, 0.5) is 5.69 Å². The van der Waals surface area contributed by atoms with Crippen molar-refractivity contribution in [3.8, 4) is 17.2 Å². The number of carbonyl (C=O) groups excluding carboxylic acids is 1. The van der Waals surface area contributed by atoms with Gasteiger partial charge in [-0.2, -0.15) is 0 Å². The molecule has 26 heavy (non-hydrogen) atoms. The number of amides is 1. The normalized spacial score (nSPS) is 10.4. The molecule has 0 radical (unpaired) electrons. The number of hydrogen-bond donors (Lipinski definition) is 1. The van der Waals surface area contributed by atoms with Crippen LogP contribution >= 0.6 is 11.8 Å². The molecule has 2 aromatic carbocycles. The van der Waals surface area contributed by atoms with Crippen LogP contribution in [-0.2, 0) is 0 Å². The summed E-state index contributed by atoms with van der Waals surface area (Å²) in [6.45, 7) is 0. The van der Waals surface area contributed by atoms with Gasteiger partial charge in [-0.3, -0.25) is 9.36 Å². The third-order valence-electron chi connectivity index (χ3n) is 3.83. The van der Waals surface area contributed by atoms with Crippen LogP contribution in [0, 0.1) is 0 Å². The molecule has 7 heteroatoms. The Labute approximate surface area is 156 Å². The summed E-state index contributed by atoms with van der Waals surface area (Å²) in [7, 11) is 3.13. The number of rotatable bonds is 6. The molecule has 1 amide bonds. The number of ether oxygens (including phenoxy) is 2. The Morgan fingerprint density at radius 2 is 2.00 bits per heavy atom. The van der Waals surface area contributed by atoms with E-state index in [1.54, 1.807) is 56.4 Å². The van der Waals surface area contributed by atoms with Crippen LogP contribution in [0.15, 0.2) is 60.0 Å². The van der Waals surface area contributed by atoms with Gasteiger partial charge >= 0.3 is 0 Å². The van der Waals surface area contributed by atoms with Crippen molar-refractivity contribution in [2.45, 2.75) is 5.16 Å². The van der Waals surface area contributed by atoms with E-state index in [9.17, 15) is 4.79 Å². The van der Waals surface area contributed by atoms with E-state index in [-0.39, 0.29) is 5.91 Å². The zero-order valence-electron chi connectivity index (χ0n) is 14.7. The minimum absolute atomic E-state index is 0.221. The summed E-state index contributed by atoms with van der Waals surface area (Å²) in [5.74, 6) is 0.973. The summed E-state index contributed by atoms with van der Waals surface area (Å²) < 4.78 is 12.4. The smallest absolute Gasteiger partial charge is 0.255 e. The Morgan fingerprint density at radius 1 is 1.15 bits per heavy atom. The Balaban J connectivity index is 1.86. The fourth-order valence-electron chi connectivity index (χ4n) is 2.53. The number of thioether (sulfide) groups is 1. The van der Waals surface area contributed by atoms with E-state index in [0.29, 0.717) is 22.7 Å². The second kappa shape index (κ2) is 7.97. The predicted octanol–water partition coefficient (Wildman–Crippen LogP) is 3.86. The van der Waals surface area contributed by atoms with E-state index in [4.69, 9.17) is 9.47 Å². The Hall–Kier alpha value is -2.93. The molecule has 0 aliphatic heterocycles. The molecule has 0 aliphatic rings. The highest BCUT2D eigenvalue weighted by Gasteiger charge is 2.12. The molecule has 1 N–H and O–H groups in total. The van der Waals surface area contributed by atoms with E-state index in [0.717, 1.165) is 10.8 Å². The molecule has 0 fully saturated rings. The van der Waals surface area contributed by atoms with E-state index < -0.39 is 0 Å². The van der Waals surface area contributed by atoms with Crippen LogP contribution in [0.25, 0.3) is 5.69 Å². The van der Waals surface area contributed by atoms with Crippen LogP contribution in [-0.4, -0.2) is 35.9 Å². The van der Waals surface area contributed by atoms with Gasteiger partial charge in [-0.1, -0.05) is 17.8 Å². The van der Waals surface area contributed by atoms with E-state index >= 15 is 0 Å². The maximum atomic E-state index is 12.7. The molecule has 0 saturated heterocycles. The van der Waals surface area contributed by atoms with E-state index in [1.165, 1.54) is 0 Å². The topological polar surface area (TPSA) is 65.4 Å². The molecule has 0 unspecified atom stereocenters. The number of methoxy groups -OCH3 is 2. The second-order valence-corrected chi connectivity index (χ2v) is 6.13. The molecular weight excluding hydrogens is 350 g/mol. The predicted molar refractivity (Wildman–Crippen MR) is 103 cm³/mol. The maximum Gasteiger partial charge on any atom is 0.255 e. The highest BCUT2D eigenvalue weighted by molar-refractivity contribution is 7.98. The first-order valence-corrected chi connectivity index (χ1v) is 9.10. The fourth-order valence-corrected chi connectivity index (χ4v) is 3.06. The third-order valence-corrected chi connectivity index (χ3v) is 4.50. The number of benzene rings is 2. The van der Waals surface area contributed by atoms with Crippen molar-refractivity contribution in [2.75, 3.05) is 25.8 Å². The molecule has 134 valence electrons. The van der Waals surface area contributed by atoms with Crippen molar-refractivity contribution < 1.29 is 14.3 Å². The summed E-state index contributed by atoms with van der Waals surface area (Å²) >= 11 is 1.55. The molecule has 0 aliphatic carbocycles. The van der Waals surface area contributed by atoms with Gasteiger partial charge in [0, 0.05) is 29.7 Å². The number of imidazole rings is 1. The van der Waals surface area contributed by atoms with Gasteiger partial charge < -0.3 is 14.8 Å². The van der Waals surface area contributed by atoms with Gasteiger partial charge in [0.2, 0.25) is 0 Å². The molecule has 0 bridgehead atoms. The summed E-state index contributed by atoms with van der Waals surface area (Å²) in [5.41, 5.74) is 2.00. The van der Waals surface area contributed by atoms with Crippen LogP contribution in [0.3, 0.4) is 0 Å². The number of nitrogens with zero attached hydrogens (tertiary/aromatic N) is 2. The Kier molecular flexibility index (Phi) is 5.48. The van der Waals surface area contributed by atoms with Crippen molar-refractivity contribution in [1.82, 2.24) is 9.55 Å². The molecule has 0 saturated carbocycles. The van der Waals surface area contributed by atoms with Gasteiger partial charge in [0.1, 0.15) is 11.5 Å². The quantitative estimate of drug-likeness (QED) is 0.668. The maximum absolute atomic E-state index is 12.7. The molecular formula is C19H19N3O3S. The van der Waals surface area contributed by atoms with E-state index in [1.807, 2.05) is 35.2 Å². The number of anilines is 1. The van der Waals surface area contributed by atoms with Crippen molar-refractivity contribution in [1.29, 1.82) is 0 Å². The van der Waals surface area contributed by atoms with Crippen LogP contribution in [0.2, 0.25) is 0 Å². The van der Waals surface area contributed by atoms with Gasteiger partial charge in [-0.05, 0) is 36.6 Å². The van der Waals surface area contributed by atoms with Gasteiger partial charge in [-0.15, -0.1) is 0 Å². The first kappa shape index (κ1) is 17.9. The zero-order valence-corrected chi connectivity index (χ0v) is 15.5. The average Bonchev–Trinajstić information content (AvgIpc) is 3.17. The third kappa shape index (κ3) is 3.67. The lowest BCUT2D eigenvalue weighted by atomic mass is 10.1. The highest BCUT2D eigenvalue weighted by atomic mass is 32.2. The lowest BCUT2D eigenvalue weighted by Gasteiger charge is -2.12. The lowest BCUT2D eigenvalue weighted by molar-refractivity contribution is 0.102. The highest BCUT2D eigenvalue weighted by Crippen LogP contribution is 2.29. The molecule has 0 atom stereocenters. The molecule has 1 heterocycles. The number of hydrogen-bond acceptors (Lipinski definition) is 5. The minimum atomic E-state index is -0.221. The van der Waals surface area contributed by atoms with Gasteiger partial charge in [0.25, 0.3) is 5.91 Å². The zero-order chi connectivity index (χ0) is 18.5. The van der Waals surface area contributed by atoms with Crippen molar-refractivity contribution >= 4 is 23.4 Å². The van der Waals surface area contributed by atoms with Crippen LogP contribution in [0.5, 0.6) is 11.5 Å². The standard InChI is InChI=1S/C19H19N3O3S/c1-24-15-7-8-16(17(12-15)25-2)21-18(23)13-5-4-6-14(11-13)22-10-9-20-19(22)26-3/h4-12H,1-3H3,(H,21,23). The van der Waals surface area contributed by atoms with E-state index in [2.05, 4.69) is 10.3 Å². The van der Waals surface area contributed by atoms with Crippen molar-refractivity contribution in [3.05, 3.63) is 60.4 Å².